The minimum absolute atomic E-state index is 0.207. The number of esters is 1. The van der Waals surface area contributed by atoms with Gasteiger partial charge in [-0.1, -0.05) is 30.8 Å². The third kappa shape index (κ3) is 3.16. The topological polar surface area (TPSA) is 65.2 Å². The second-order valence-corrected chi connectivity index (χ2v) is 6.03. The summed E-state index contributed by atoms with van der Waals surface area (Å²) in [5.41, 5.74) is -0.726. The van der Waals surface area contributed by atoms with Gasteiger partial charge in [-0.15, -0.1) is 0 Å². The molecule has 112 valence electrons. The van der Waals surface area contributed by atoms with Gasteiger partial charge < -0.3 is 9.26 Å². The minimum atomic E-state index is -0.726. The lowest BCUT2D eigenvalue weighted by atomic mass is 9.80. The Labute approximate surface area is 123 Å². The van der Waals surface area contributed by atoms with Crippen molar-refractivity contribution in [1.29, 1.82) is 0 Å². The molecule has 0 aliphatic heterocycles. The van der Waals surface area contributed by atoms with Crippen LogP contribution in [0, 0.1) is 0 Å². The van der Waals surface area contributed by atoms with Crippen molar-refractivity contribution in [3.8, 4) is 0 Å². The Hall–Kier alpha value is -1.04. The first-order valence-electron chi connectivity index (χ1n) is 7.22. The van der Waals surface area contributed by atoms with E-state index in [1.807, 2.05) is 13.2 Å². The Kier molecular flexibility index (Phi) is 5.46. The Morgan fingerprint density at radius 3 is 2.65 bits per heavy atom. The van der Waals surface area contributed by atoms with Crippen LogP contribution in [0.1, 0.15) is 57.2 Å². The van der Waals surface area contributed by atoms with Gasteiger partial charge in [-0.2, -0.15) is 16.7 Å². The summed E-state index contributed by atoms with van der Waals surface area (Å²) in [5.74, 6) is 1.59. The molecule has 0 unspecified atom stereocenters. The molecule has 1 saturated carbocycles. The van der Waals surface area contributed by atoms with Crippen molar-refractivity contribution in [2.45, 2.75) is 56.6 Å². The monoisotopic (exact) mass is 298 g/mol. The van der Waals surface area contributed by atoms with E-state index in [9.17, 15) is 4.79 Å². The number of hydrogen-bond donors (Lipinski definition) is 0. The third-order valence-corrected chi connectivity index (χ3v) is 4.32. The summed E-state index contributed by atoms with van der Waals surface area (Å²) in [6, 6.07) is 0. The molecule has 6 heteroatoms. The molecule has 0 aromatic carbocycles. The maximum absolute atomic E-state index is 12.5. The molecule has 0 bridgehead atoms. The summed E-state index contributed by atoms with van der Waals surface area (Å²) in [6.07, 6.45) is 7.76. The fraction of sp³-hybridized carbons (Fsp3) is 0.786. The number of rotatable bonds is 5. The number of carbonyl (C=O) groups is 1. The first-order valence-corrected chi connectivity index (χ1v) is 8.61. The molecule has 0 radical (unpaired) electrons. The van der Waals surface area contributed by atoms with Crippen molar-refractivity contribution >= 4 is 17.7 Å². The Morgan fingerprint density at radius 1 is 1.35 bits per heavy atom. The van der Waals surface area contributed by atoms with Crippen LogP contribution < -0.4 is 0 Å². The third-order valence-electron chi connectivity index (χ3n) is 3.77. The molecule has 1 aromatic heterocycles. The molecule has 1 fully saturated rings. The predicted octanol–water partition coefficient (Wildman–Crippen LogP) is 3.09. The SMILES string of the molecule is CCOC(=O)C1(c2nc(CSC)no2)CCCCCC1. The van der Waals surface area contributed by atoms with Crippen molar-refractivity contribution in [2.75, 3.05) is 12.9 Å². The second-order valence-electron chi connectivity index (χ2n) is 5.17. The van der Waals surface area contributed by atoms with Crippen LogP contribution in [0.2, 0.25) is 0 Å². The molecule has 20 heavy (non-hydrogen) atoms. The van der Waals surface area contributed by atoms with Crippen LogP contribution in [-0.4, -0.2) is 29.0 Å². The average molecular weight is 298 g/mol. The Balaban J connectivity index is 2.30. The highest BCUT2D eigenvalue weighted by Crippen LogP contribution is 2.38. The van der Waals surface area contributed by atoms with Crippen LogP contribution in [-0.2, 0) is 20.7 Å². The van der Waals surface area contributed by atoms with E-state index in [0.717, 1.165) is 38.5 Å². The van der Waals surface area contributed by atoms with Crippen LogP contribution in [0.4, 0.5) is 0 Å². The first kappa shape index (κ1) is 15.4. The smallest absolute Gasteiger partial charge is 0.321 e. The fourth-order valence-corrected chi connectivity index (χ4v) is 3.12. The number of carbonyl (C=O) groups excluding carboxylic acids is 1. The van der Waals surface area contributed by atoms with Gasteiger partial charge in [0, 0.05) is 0 Å². The molecule has 1 heterocycles. The predicted molar refractivity (Wildman–Crippen MR) is 77.5 cm³/mol. The van der Waals surface area contributed by atoms with E-state index in [1.165, 1.54) is 0 Å². The molecule has 0 spiro atoms. The number of ether oxygens (including phenoxy) is 1. The zero-order valence-corrected chi connectivity index (χ0v) is 13.0. The summed E-state index contributed by atoms with van der Waals surface area (Å²) in [4.78, 5) is 16.9. The second kappa shape index (κ2) is 7.11. The molecule has 0 amide bonds. The summed E-state index contributed by atoms with van der Waals surface area (Å²) in [7, 11) is 0. The summed E-state index contributed by atoms with van der Waals surface area (Å²) in [6.45, 7) is 2.21. The molecule has 1 aliphatic carbocycles. The molecule has 5 nitrogen and oxygen atoms in total. The lowest BCUT2D eigenvalue weighted by molar-refractivity contribution is -0.152. The number of thioether (sulfide) groups is 1. The van der Waals surface area contributed by atoms with Crippen LogP contribution in [0.3, 0.4) is 0 Å². The van der Waals surface area contributed by atoms with Crippen molar-refractivity contribution in [1.82, 2.24) is 10.1 Å². The standard InChI is InChI=1S/C14H22N2O3S/c1-3-18-13(17)14(8-6-4-5-7-9-14)12-15-11(10-20-2)16-19-12/h3-10H2,1-2H3. The molecular weight excluding hydrogens is 276 g/mol. The quantitative estimate of drug-likeness (QED) is 0.615. The molecule has 1 aliphatic rings. The van der Waals surface area contributed by atoms with Gasteiger partial charge in [-0.05, 0) is 26.0 Å². The Bertz CT molecular complexity index is 439. The molecule has 0 atom stereocenters. The normalized spacial score (nSPS) is 18.5. The van der Waals surface area contributed by atoms with E-state index in [0.29, 0.717) is 24.1 Å². The van der Waals surface area contributed by atoms with Crippen LogP contribution in [0.25, 0.3) is 0 Å². The molecule has 0 saturated heterocycles. The van der Waals surface area contributed by atoms with Gasteiger partial charge in [0.1, 0.15) is 5.41 Å². The molecule has 0 N–H and O–H groups in total. The van der Waals surface area contributed by atoms with Gasteiger partial charge >= 0.3 is 5.97 Å². The molecular formula is C14H22N2O3S. The highest BCUT2D eigenvalue weighted by atomic mass is 32.2. The van der Waals surface area contributed by atoms with Gasteiger partial charge in [0.25, 0.3) is 0 Å². The fourth-order valence-electron chi connectivity index (χ4n) is 2.74. The number of hydrogen-bond acceptors (Lipinski definition) is 6. The summed E-state index contributed by atoms with van der Waals surface area (Å²) >= 11 is 1.64. The van der Waals surface area contributed by atoms with E-state index in [2.05, 4.69) is 10.1 Å². The van der Waals surface area contributed by atoms with Crippen molar-refractivity contribution in [3.63, 3.8) is 0 Å². The van der Waals surface area contributed by atoms with Crippen molar-refractivity contribution in [3.05, 3.63) is 11.7 Å². The van der Waals surface area contributed by atoms with Crippen LogP contribution in [0.5, 0.6) is 0 Å². The highest BCUT2D eigenvalue weighted by Gasteiger charge is 2.46. The van der Waals surface area contributed by atoms with Crippen molar-refractivity contribution in [2.24, 2.45) is 0 Å². The Morgan fingerprint density at radius 2 is 2.05 bits per heavy atom. The number of nitrogens with zero attached hydrogens (tertiary/aromatic N) is 2. The minimum Gasteiger partial charge on any atom is -0.465 e. The van der Waals surface area contributed by atoms with E-state index in [-0.39, 0.29) is 5.97 Å². The zero-order valence-electron chi connectivity index (χ0n) is 12.2. The molecule has 2 rings (SSSR count). The average Bonchev–Trinajstić information content (AvgIpc) is 2.76. The maximum Gasteiger partial charge on any atom is 0.321 e. The van der Waals surface area contributed by atoms with Crippen molar-refractivity contribution < 1.29 is 14.1 Å². The summed E-state index contributed by atoms with van der Waals surface area (Å²) in [5, 5.41) is 3.98. The van der Waals surface area contributed by atoms with Crippen LogP contribution >= 0.6 is 11.8 Å². The van der Waals surface area contributed by atoms with Gasteiger partial charge in [0.15, 0.2) is 5.82 Å². The van der Waals surface area contributed by atoms with Gasteiger partial charge in [-0.25, -0.2) is 0 Å². The van der Waals surface area contributed by atoms with E-state index in [1.54, 1.807) is 11.8 Å². The lowest BCUT2D eigenvalue weighted by Crippen LogP contribution is -2.37. The molecule has 1 aromatic rings. The van der Waals surface area contributed by atoms with E-state index in [4.69, 9.17) is 9.26 Å². The highest BCUT2D eigenvalue weighted by molar-refractivity contribution is 7.97. The van der Waals surface area contributed by atoms with Gasteiger partial charge in [-0.3, -0.25) is 4.79 Å². The lowest BCUT2D eigenvalue weighted by Gasteiger charge is -2.25. The zero-order chi connectivity index (χ0) is 14.4. The van der Waals surface area contributed by atoms with Gasteiger partial charge in [0.2, 0.25) is 5.89 Å². The van der Waals surface area contributed by atoms with Crippen LogP contribution in [0.15, 0.2) is 4.52 Å². The summed E-state index contributed by atoms with van der Waals surface area (Å²) < 4.78 is 10.7. The van der Waals surface area contributed by atoms with E-state index >= 15 is 0 Å². The number of aromatic nitrogens is 2. The maximum atomic E-state index is 12.5. The largest absolute Gasteiger partial charge is 0.465 e. The first-order chi connectivity index (χ1) is 9.73. The van der Waals surface area contributed by atoms with Gasteiger partial charge in [0.05, 0.1) is 12.4 Å². The van der Waals surface area contributed by atoms with E-state index < -0.39 is 5.41 Å².